The SMILES string of the molecule is COc1ccc(O)c(CNC(C)c2ccccc2Br)c1. The van der Waals surface area contributed by atoms with Gasteiger partial charge < -0.3 is 15.2 Å². The normalized spacial score (nSPS) is 12.2. The van der Waals surface area contributed by atoms with Crippen molar-refractivity contribution in [2.24, 2.45) is 0 Å². The van der Waals surface area contributed by atoms with Crippen LogP contribution in [0.1, 0.15) is 24.1 Å². The molecule has 0 bridgehead atoms. The first kappa shape index (κ1) is 14.9. The summed E-state index contributed by atoms with van der Waals surface area (Å²) in [4.78, 5) is 0. The van der Waals surface area contributed by atoms with Gasteiger partial charge in [-0.3, -0.25) is 0 Å². The Morgan fingerprint density at radius 1 is 1.25 bits per heavy atom. The number of ether oxygens (including phenoxy) is 1. The molecule has 106 valence electrons. The molecule has 2 aromatic rings. The van der Waals surface area contributed by atoms with Crippen LogP contribution >= 0.6 is 15.9 Å². The standard InChI is InChI=1S/C16H18BrNO2/c1-11(14-5-3-4-6-15(14)17)18-10-12-9-13(20-2)7-8-16(12)19/h3-9,11,18-19H,10H2,1-2H3. The number of halogens is 1. The number of hydrogen-bond donors (Lipinski definition) is 2. The van der Waals surface area contributed by atoms with E-state index in [2.05, 4.69) is 34.2 Å². The van der Waals surface area contributed by atoms with E-state index in [1.165, 1.54) is 5.56 Å². The van der Waals surface area contributed by atoms with Crippen molar-refractivity contribution in [2.45, 2.75) is 19.5 Å². The molecule has 0 amide bonds. The largest absolute Gasteiger partial charge is 0.508 e. The van der Waals surface area contributed by atoms with Gasteiger partial charge in [0.05, 0.1) is 7.11 Å². The van der Waals surface area contributed by atoms with Gasteiger partial charge >= 0.3 is 0 Å². The molecule has 2 rings (SSSR count). The summed E-state index contributed by atoms with van der Waals surface area (Å²) in [5.74, 6) is 1.02. The number of aromatic hydroxyl groups is 1. The van der Waals surface area contributed by atoms with Crippen molar-refractivity contribution in [3.63, 3.8) is 0 Å². The van der Waals surface area contributed by atoms with Crippen LogP contribution in [0.15, 0.2) is 46.9 Å². The second-order valence-corrected chi connectivity index (χ2v) is 5.47. The zero-order valence-electron chi connectivity index (χ0n) is 11.6. The van der Waals surface area contributed by atoms with Crippen LogP contribution in [-0.4, -0.2) is 12.2 Å². The van der Waals surface area contributed by atoms with Gasteiger partial charge in [0.15, 0.2) is 0 Å². The minimum absolute atomic E-state index is 0.177. The summed E-state index contributed by atoms with van der Waals surface area (Å²) in [6.45, 7) is 2.67. The van der Waals surface area contributed by atoms with Gasteiger partial charge in [-0.25, -0.2) is 0 Å². The first-order chi connectivity index (χ1) is 9.61. The predicted octanol–water partition coefficient (Wildman–Crippen LogP) is 4.01. The first-order valence-electron chi connectivity index (χ1n) is 6.45. The molecule has 0 aromatic heterocycles. The van der Waals surface area contributed by atoms with E-state index >= 15 is 0 Å². The highest BCUT2D eigenvalue weighted by Gasteiger charge is 2.10. The molecule has 1 atom stereocenters. The van der Waals surface area contributed by atoms with Crippen molar-refractivity contribution in [2.75, 3.05) is 7.11 Å². The van der Waals surface area contributed by atoms with Gasteiger partial charge in [0.25, 0.3) is 0 Å². The molecule has 2 N–H and O–H groups in total. The van der Waals surface area contributed by atoms with E-state index in [1.807, 2.05) is 24.3 Å². The van der Waals surface area contributed by atoms with Crippen LogP contribution < -0.4 is 10.1 Å². The lowest BCUT2D eigenvalue weighted by molar-refractivity contribution is 0.409. The molecule has 20 heavy (non-hydrogen) atoms. The van der Waals surface area contributed by atoms with Gasteiger partial charge in [0.2, 0.25) is 0 Å². The smallest absolute Gasteiger partial charge is 0.120 e. The van der Waals surface area contributed by atoms with Crippen LogP contribution in [0.2, 0.25) is 0 Å². The van der Waals surface area contributed by atoms with Crippen molar-refractivity contribution in [3.8, 4) is 11.5 Å². The van der Waals surface area contributed by atoms with Crippen LogP contribution in [0.5, 0.6) is 11.5 Å². The molecule has 0 saturated heterocycles. The minimum Gasteiger partial charge on any atom is -0.508 e. The molecule has 0 heterocycles. The van der Waals surface area contributed by atoms with Crippen molar-refractivity contribution >= 4 is 15.9 Å². The second-order valence-electron chi connectivity index (χ2n) is 4.62. The number of benzene rings is 2. The number of rotatable bonds is 5. The highest BCUT2D eigenvalue weighted by molar-refractivity contribution is 9.10. The Morgan fingerprint density at radius 3 is 2.70 bits per heavy atom. The van der Waals surface area contributed by atoms with E-state index in [1.54, 1.807) is 19.2 Å². The third kappa shape index (κ3) is 3.52. The topological polar surface area (TPSA) is 41.5 Å². The summed E-state index contributed by atoms with van der Waals surface area (Å²) in [5, 5.41) is 13.3. The zero-order chi connectivity index (χ0) is 14.5. The lowest BCUT2D eigenvalue weighted by Crippen LogP contribution is -2.18. The lowest BCUT2D eigenvalue weighted by atomic mass is 10.1. The summed E-state index contributed by atoms with van der Waals surface area (Å²) in [6, 6.07) is 13.5. The molecule has 0 aliphatic rings. The van der Waals surface area contributed by atoms with E-state index in [0.29, 0.717) is 6.54 Å². The maximum absolute atomic E-state index is 9.86. The molecule has 2 aromatic carbocycles. The average molecular weight is 336 g/mol. The summed E-state index contributed by atoms with van der Waals surface area (Å²) >= 11 is 3.55. The van der Waals surface area contributed by atoms with E-state index < -0.39 is 0 Å². The Balaban J connectivity index is 2.07. The van der Waals surface area contributed by atoms with Crippen LogP contribution in [0, 0.1) is 0 Å². The van der Waals surface area contributed by atoms with Gasteiger partial charge in [-0.1, -0.05) is 34.1 Å². The van der Waals surface area contributed by atoms with Gasteiger partial charge in [-0.15, -0.1) is 0 Å². The van der Waals surface area contributed by atoms with E-state index in [0.717, 1.165) is 15.8 Å². The molecular weight excluding hydrogens is 318 g/mol. The fourth-order valence-corrected chi connectivity index (χ4v) is 2.66. The molecule has 0 spiro atoms. The molecule has 3 nitrogen and oxygen atoms in total. The van der Waals surface area contributed by atoms with Crippen molar-refractivity contribution < 1.29 is 9.84 Å². The Kier molecular flexibility index (Phi) is 5.04. The quantitative estimate of drug-likeness (QED) is 0.867. The summed E-state index contributed by atoms with van der Waals surface area (Å²) in [5.41, 5.74) is 2.01. The van der Waals surface area contributed by atoms with Crippen molar-refractivity contribution in [3.05, 3.63) is 58.1 Å². The van der Waals surface area contributed by atoms with E-state index in [-0.39, 0.29) is 11.8 Å². The first-order valence-corrected chi connectivity index (χ1v) is 7.25. The Bertz CT molecular complexity index is 586. The molecular formula is C16H18BrNO2. The maximum atomic E-state index is 9.86. The fraction of sp³-hybridized carbons (Fsp3) is 0.250. The zero-order valence-corrected chi connectivity index (χ0v) is 13.1. The van der Waals surface area contributed by atoms with Crippen LogP contribution in [0.25, 0.3) is 0 Å². The fourth-order valence-electron chi connectivity index (χ4n) is 2.03. The monoisotopic (exact) mass is 335 g/mol. The molecule has 4 heteroatoms. The second kappa shape index (κ2) is 6.77. The maximum Gasteiger partial charge on any atom is 0.120 e. The number of phenols is 1. The van der Waals surface area contributed by atoms with Crippen LogP contribution in [-0.2, 0) is 6.54 Å². The number of nitrogens with one attached hydrogen (secondary N) is 1. The Morgan fingerprint density at radius 2 is 2.00 bits per heavy atom. The lowest BCUT2D eigenvalue weighted by Gasteiger charge is -2.16. The Hall–Kier alpha value is -1.52. The van der Waals surface area contributed by atoms with Crippen LogP contribution in [0.4, 0.5) is 0 Å². The molecule has 0 fully saturated rings. The number of methoxy groups -OCH3 is 1. The highest BCUT2D eigenvalue weighted by atomic mass is 79.9. The summed E-state index contributed by atoms with van der Waals surface area (Å²) in [6.07, 6.45) is 0. The summed E-state index contributed by atoms with van der Waals surface area (Å²) in [7, 11) is 1.62. The number of phenolic OH excluding ortho intramolecular Hbond substituents is 1. The van der Waals surface area contributed by atoms with Gasteiger partial charge in [0.1, 0.15) is 11.5 Å². The van der Waals surface area contributed by atoms with Crippen molar-refractivity contribution in [1.29, 1.82) is 0 Å². The van der Waals surface area contributed by atoms with Gasteiger partial charge in [0, 0.05) is 22.6 Å². The molecule has 0 aliphatic carbocycles. The third-order valence-electron chi connectivity index (χ3n) is 3.26. The average Bonchev–Trinajstić information content (AvgIpc) is 2.46. The summed E-state index contributed by atoms with van der Waals surface area (Å²) < 4.78 is 6.25. The Labute approximate surface area is 127 Å². The highest BCUT2D eigenvalue weighted by Crippen LogP contribution is 2.26. The molecule has 0 saturated carbocycles. The van der Waals surface area contributed by atoms with Crippen molar-refractivity contribution in [1.82, 2.24) is 5.32 Å². The van der Waals surface area contributed by atoms with E-state index in [9.17, 15) is 5.11 Å². The molecule has 0 radical (unpaired) electrons. The minimum atomic E-state index is 0.177. The van der Waals surface area contributed by atoms with Gasteiger partial charge in [-0.05, 0) is 36.8 Å². The third-order valence-corrected chi connectivity index (χ3v) is 3.98. The molecule has 0 aliphatic heterocycles. The predicted molar refractivity (Wildman–Crippen MR) is 84.1 cm³/mol. The molecule has 1 unspecified atom stereocenters. The van der Waals surface area contributed by atoms with E-state index in [4.69, 9.17) is 4.74 Å². The van der Waals surface area contributed by atoms with Crippen LogP contribution in [0.3, 0.4) is 0 Å². The number of hydrogen-bond acceptors (Lipinski definition) is 3. The van der Waals surface area contributed by atoms with Gasteiger partial charge in [-0.2, -0.15) is 0 Å².